The average Bonchev–Trinajstić information content (AvgIpc) is 2.40. The third-order valence-electron chi connectivity index (χ3n) is 3.08. The zero-order chi connectivity index (χ0) is 13.7. The van der Waals surface area contributed by atoms with Crippen molar-refractivity contribution >= 4 is 23.2 Å². The van der Waals surface area contributed by atoms with Crippen molar-refractivity contribution < 1.29 is 0 Å². The predicted octanol–water partition coefficient (Wildman–Crippen LogP) is 4.89. The van der Waals surface area contributed by atoms with E-state index in [9.17, 15) is 0 Å². The number of hydrogen-bond donors (Lipinski definition) is 1. The Morgan fingerprint density at radius 2 is 1.84 bits per heavy atom. The van der Waals surface area contributed by atoms with Crippen LogP contribution in [0.3, 0.4) is 0 Å². The first kappa shape index (κ1) is 14.4. The minimum atomic E-state index is 0.226. The van der Waals surface area contributed by atoms with Gasteiger partial charge in [-0.3, -0.25) is 0 Å². The second kappa shape index (κ2) is 6.95. The summed E-state index contributed by atoms with van der Waals surface area (Å²) in [6.07, 6.45) is 0.855. The van der Waals surface area contributed by atoms with Crippen molar-refractivity contribution in [2.24, 2.45) is 0 Å². The van der Waals surface area contributed by atoms with Gasteiger partial charge in [-0.05, 0) is 42.3 Å². The van der Waals surface area contributed by atoms with Crippen molar-refractivity contribution in [3.8, 4) is 0 Å². The van der Waals surface area contributed by atoms with Gasteiger partial charge in [0.2, 0.25) is 0 Å². The molecule has 0 aliphatic heterocycles. The highest BCUT2D eigenvalue weighted by atomic mass is 35.5. The summed E-state index contributed by atoms with van der Waals surface area (Å²) in [5.74, 6) is 0. The molecule has 0 saturated carbocycles. The van der Waals surface area contributed by atoms with Gasteiger partial charge in [0, 0.05) is 16.1 Å². The summed E-state index contributed by atoms with van der Waals surface area (Å²) < 4.78 is 0. The molecule has 0 amide bonds. The highest BCUT2D eigenvalue weighted by molar-refractivity contribution is 6.31. The van der Waals surface area contributed by atoms with E-state index in [0.717, 1.165) is 28.6 Å². The molecule has 0 bridgehead atoms. The molecule has 0 saturated heterocycles. The van der Waals surface area contributed by atoms with Gasteiger partial charge in [-0.2, -0.15) is 0 Å². The lowest BCUT2D eigenvalue weighted by Crippen LogP contribution is -2.23. The van der Waals surface area contributed by atoms with Gasteiger partial charge >= 0.3 is 0 Å². The molecule has 2 aromatic rings. The maximum absolute atomic E-state index is 6.23. The minimum absolute atomic E-state index is 0.226. The van der Waals surface area contributed by atoms with Crippen LogP contribution in [0, 0.1) is 0 Å². The smallest absolute Gasteiger partial charge is 0.0438 e. The van der Waals surface area contributed by atoms with Crippen LogP contribution in [-0.4, -0.2) is 6.54 Å². The monoisotopic (exact) mass is 293 g/mol. The molecule has 0 aliphatic rings. The van der Waals surface area contributed by atoms with Gasteiger partial charge in [-0.15, -0.1) is 0 Å². The highest BCUT2D eigenvalue weighted by Crippen LogP contribution is 2.25. The normalized spacial score (nSPS) is 12.4. The van der Waals surface area contributed by atoms with Gasteiger partial charge in [0.05, 0.1) is 0 Å². The Kier molecular flexibility index (Phi) is 5.26. The van der Waals surface area contributed by atoms with Crippen LogP contribution in [0.1, 0.15) is 24.1 Å². The van der Waals surface area contributed by atoms with Crippen molar-refractivity contribution in [1.29, 1.82) is 0 Å². The molecule has 0 heterocycles. The van der Waals surface area contributed by atoms with Gasteiger partial charge < -0.3 is 5.32 Å². The Morgan fingerprint density at radius 1 is 1.05 bits per heavy atom. The molecule has 2 rings (SSSR count). The molecule has 3 heteroatoms. The van der Waals surface area contributed by atoms with Gasteiger partial charge in [0.25, 0.3) is 0 Å². The molecule has 0 spiro atoms. The number of nitrogens with one attached hydrogen (secondary N) is 1. The molecule has 19 heavy (non-hydrogen) atoms. The van der Waals surface area contributed by atoms with E-state index in [0.29, 0.717) is 0 Å². The van der Waals surface area contributed by atoms with Crippen LogP contribution in [0.25, 0.3) is 0 Å². The SMILES string of the molecule is CCNC(Cc1ccccc1Cl)c1cccc(Cl)c1. The van der Waals surface area contributed by atoms with Crippen molar-refractivity contribution in [3.05, 3.63) is 69.7 Å². The third kappa shape index (κ3) is 3.97. The van der Waals surface area contributed by atoms with Crippen molar-refractivity contribution in [2.75, 3.05) is 6.54 Å². The quantitative estimate of drug-likeness (QED) is 0.828. The molecular weight excluding hydrogens is 277 g/mol. The lowest BCUT2D eigenvalue weighted by atomic mass is 9.99. The first-order valence-corrected chi connectivity index (χ1v) is 7.18. The first-order chi connectivity index (χ1) is 9.20. The molecule has 1 N–H and O–H groups in total. The van der Waals surface area contributed by atoms with E-state index in [2.05, 4.69) is 24.4 Å². The summed E-state index contributed by atoms with van der Waals surface area (Å²) >= 11 is 12.3. The summed E-state index contributed by atoms with van der Waals surface area (Å²) in [7, 11) is 0. The Labute approximate surface area is 124 Å². The summed E-state index contributed by atoms with van der Waals surface area (Å²) in [4.78, 5) is 0. The van der Waals surface area contributed by atoms with E-state index in [1.165, 1.54) is 5.56 Å². The molecule has 1 nitrogen and oxygen atoms in total. The Balaban J connectivity index is 2.24. The van der Waals surface area contributed by atoms with Crippen LogP contribution in [0.15, 0.2) is 48.5 Å². The molecule has 100 valence electrons. The van der Waals surface area contributed by atoms with Crippen LogP contribution in [0.4, 0.5) is 0 Å². The van der Waals surface area contributed by atoms with E-state index in [1.807, 2.05) is 36.4 Å². The summed E-state index contributed by atoms with van der Waals surface area (Å²) in [5, 5.41) is 5.06. The second-order valence-electron chi connectivity index (χ2n) is 4.46. The fourth-order valence-electron chi connectivity index (χ4n) is 2.16. The van der Waals surface area contributed by atoms with Crippen molar-refractivity contribution in [3.63, 3.8) is 0 Å². The third-order valence-corrected chi connectivity index (χ3v) is 3.69. The van der Waals surface area contributed by atoms with Gasteiger partial charge in [-0.1, -0.05) is 60.5 Å². The van der Waals surface area contributed by atoms with Gasteiger partial charge in [0.1, 0.15) is 0 Å². The fourth-order valence-corrected chi connectivity index (χ4v) is 2.57. The molecule has 1 unspecified atom stereocenters. The van der Waals surface area contributed by atoms with Crippen LogP contribution in [0.2, 0.25) is 10.0 Å². The first-order valence-electron chi connectivity index (χ1n) is 6.43. The molecule has 0 radical (unpaired) electrons. The van der Waals surface area contributed by atoms with Crippen molar-refractivity contribution in [2.45, 2.75) is 19.4 Å². The largest absolute Gasteiger partial charge is 0.310 e. The number of hydrogen-bond acceptors (Lipinski definition) is 1. The highest BCUT2D eigenvalue weighted by Gasteiger charge is 2.13. The molecule has 0 fully saturated rings. The number of rotatable bonds is 5. The lowest BCUT2D eigenvalue weighted by molar-refractivity contribution is 0.550. The van der Waals surface area contributed by atoms with E-state index in [4.69, 9.17) is 23.2 Å². The Morgan fingerprint density at radius 3 is 2.53 bits per heavy atom. The minimum Gasteiger partial charge on any atom is -0.310 e. The summed E-state index contributed by atoms with van der Waals surface area (Å²) in [5.41, 5.74) is 2.34. The topological polar surface area (TPSA) is 12.0 Å². The van der Waals surface area contributed by atoms with Gasteiger partial charge in [-0.25, -0.2) is 0 Å². The number of benzene rings is 2. The predicted molar refractivity (Wildman–Crippen MR) is 83.0 cm³/mol. The Bertz CT molecular complexity index is 540. The molecule has 0 aliphatic carbocycles. The average molecular weight is 294 g/mol. The summed E-state index contributed by atoms with van der Waals surface area (Å²) in [6.45, 7) is 3.01. The molecular formula is C16H17Cl2N. The standard InChI is InChI=1S/C16H17Cl2N/c1-2-19-16(13-7-5-8-14(17)10-13)11-12-6-3-4-9-15(12)18/h3-10,16,19H,2,11H2,1H3. The van der Waals surface area contributed by atoms with Crippen LogP contribution in [0.5, 0.6) is 0 Å². The van der Waals surface area contributed by atoms with Crippen LogP contribution < -0.4 is 5.32 Å². The van der Waals surface area contributed by atoms with Crippen LogP contribution in [-0.2, 0) is 6.42 Å². The van der Waals surface area contributed by atoms with Crippen LogP contribution >= 0.6 is 23.2 Å². The summed E-state index contributed by atoms with van der Waals surface area (Å²) in [6, 6.07) is 16.2. The molecule has 1 atom stereocenters. The lowest BCUT2D eigenvalue weighted by Gasteiger charge is -2.19. The zero-order valence-corrected chi connectivity index (χ0v) is 12.4. The van der Waals surface area contributed by atoms with E-state index in [1.54, 1.807) is 0 Å². The fraction of sp³-hybridized carbons (Fsp3) is 0.250. The maximum Gasteiger partial charge on any atom is 0.0438 e. The number of halogens is 2. The van der Waals surface area contributed by atoms with Crippen molar-refractivity contribution in [1.82, 2.24) is 5.32 Å². The number of likely N-dealkylation sites (N-methyl/N-ethyl adjacent to an activating group) is 1. The van der Waals surface area contributed by atoms with E-state index in [-0.39, 0.29) is 6.04 Å². The molecule has 2 aromatic carbocycles. The Hall–Kier alpha value is -1.02. The second-order valence-corrected chi connectivity index (χ2v) is 5.30. The maximum atomic E-state index is 6.23. The molecule has 0 aromatic heterocycles. The van der Waals surface area contributed by atoms with Gasteiger partial charge in [0.15, 0.2) is 0 Å². The van der Waals surface area contributed by atoms with E-state index < -0.39 is 0 Å². The zero-order valence-electron chi connectivity index (χ0n) is 10.9. The van der Waals surface area contributed by atoms with E-state index >= 15 is 0 Å².